The van der Waals surface area contributed by atoms with Gasteiger partial charge in [-0.2, -0.15) is 4.98 Å². The highest BCUT2D eigenvalue weighted by atomic mass is 32.2. The smallest absolute Gasteiger partial charge is 0.278 e. The van der Waals surface area contributed by atoms with Crippen LogP contribution < -0.4 is 4.72 Å². The number of anilines is 1. The van der Waals surface area contributed by atoms with Gasteiger partial charge in [0.1, 0.15) is 11.5 Å². The SMILES string of the molecule is Cc1ccc(C)c(S(=O)(=O)Nc2ccc(Cn3cnc(-c4nc(-c5ccc(F)cc5)no4)c3)cc2)c1. The first-order chi connectivity index (χ1) is 17.3. The third-order valence-electron chi connectivity index (χ3n) is 5.59. The molecule has 0 saturated carbocycles. The Hall–Kier alpha value is -4.31. The van der Waals surface area contributed by atoms with Crippen LogP contribution in [0.3, 0.4) is 0 Å². The molecule has 182 valence electrons. The van der Waals surface area contributed by atoms with Crippen LogP contribution in [0.15, 0.2) is 88.7 Å². The molecule has 0 atom stereocenters. The zero-order valence-electron chi connectivity index (χ0n) is 19.5. The van der Waals surface area contributed by atoms with E-state index in [0.29, 0.717) is 34.9 Å². The number of hydrogen-bond donors (Lipinski definition) is 1. The van der Waals surface area contributed by atoms with Gasteiger partial charge >= 0.3 is 0 Å². The molecule has 0 bridgehead atoms. The first-order valence-electron chi connectivity index (χ1n) is 11.1. The van der Waals surface area contributed by atoms with E-state index in [4.69, 9.17) is 4.52 Å². The summed E-state index contributed by atoms with van der Waals surface area (Å²) < 4.78 is 48.6. The highest BCUT2D eigenvalue weighted by molar-refractivity contribution is 7.92. The number of nitrogens with zero attached hydrogens (tertiary/aromatic N) is 4. The lowest BCUT2D eigenvalue weighted by Crippen LogP contribution is -2.14. The van der Waals surface area contributed by atoms with Gasteiger partial charge < -0.3 is 9.09 Å². The van der Waals surface area contributed by atoms with Crippen LogP contribution in [0.5, 0.6) is 0 Å². The van der Waals surface area contributed by atoms with Crippen LogP contribution in [0.1, 0.15) is 16.7 Å². The van der Waals surface area contributed by atoms with Crippen molar-refractivity contribution in [2.45, 2.75) is 25.3 Å². The van der Waals surface area contributed by atoms with Crippen molar-refractivity contribution < 1.29 is 17.3 Å². The van der Waals surface area contributed by atoms with E-state index in [9.17, 15) is 12.8 Å². The van der Waals surface area contributed by atoms with Crippen LogP contribution in [-0.4, -0.2) is 28.1 Å². The van der Waals surface area contributed by atoms with Crippen LogP contribution in [-0.2, 0) is 16.6 Å². The van der Waals surface area contributed by atoms with Gasteiger partial charge in [0.25, 0.3) is 15.9 Å². The lowest BCUT2D eigenvalue weighted by atomic mass is 10.2. The molecule has 8 nitrogen and oxygen atoms in total. The lowest BCUT2D eigenvalue weighted by Gasteiger charge is -2.12. The number of aryl methyl sites for hydroxylation is 2. The quantitative estimate of drug-likeness (QED) is 0.327. The summed E-state index contributed by atoms with van der Waals surface area (Å²) in [5.74, 6) is 0.260. The molecule has 2 heterocycles. The van der Waals surface area contributed by atoms with Gasteiger partial charge in [0, 0.05) is 24.0 Å². The number of nitrogens with one attached hydrogen (secondary N) is 1. The summed E-state index contributed by atoms with van der Waals surface area (Å²) in [6.45, 7) is 4.14. The van der Waals surface area contributed by atoms with Crippen molar-refractivity contribution in [3.05, 3.63) is 102 Å². The average Bonchev–Trinajstić information content (AvgIpc) is 3.52. The highest BCUT2D eigenvalue weighted by Gasteiger charge is 2.17. The second-order valence-electron chi connectivity index (χ2n) is 8.43. The molecule has 0 radical (unpaired) electrons. The molecule has 36 heavy (non-hydrogen) atoms. The molecule has 3 aromatic carbocycles. The number of hydrogen-bond acceptors (Lipinski definition) is 6. The lowest BCUT2D eigenvalue weighted by molar-refractivity contribution is 0.431. The first kappa shape index (κ1) is 23.4. The van der Waals surface area contributed by atoms with Gasteiger partial charge in [-0.3, -0.25) is 4.72 Å². The number of halogens is 1. The Morgan fingerprint density at radius 1 is 1.00 bits per heavy atom. The molecule has 10 heteroatoms. The maximum atomic E-state index is 13.1. The summed E-state index contributed by atoms with van der Waals surface area (Å²) in [6.07, 6.45) is 3.42. The highest BCUT2D eigenvalue weighted by Crippen LogP contribution is 2.23. The van der Waals surface area contributed by atoms with E-state index >= 15 is 0 Å². The van der Waals surface area contributed by atoms with E-state index < -0.39 is 10.0 Å². The van der Waals surface area contributed by atoms with E-state index in [1.165, 1.54) is 12.1 Å². The van der Waals surface area contributed by atoms with E-state index in [-0.39, 0.29) is 16.6 Å². The largest absolute Gasteiger partial charge is 0.332 e. The first-order valence-corrected chi connectivity index (χ1v) is 12.6. The third kappa shape index (κ3) is 5.03. The molecule has 2 aromatic heterocycles. The fraction of sp³-hybridized carbons (Fsp3) is 0.115. The van der Waals surface area contributed by atoms with Crippen LogP contribution in [0.4, 0.5) is 10.1 Å². The predicted octanol–water partition coefficient (Wildman–Crippen LogP) is 5.21. The molecule has 1 N–H and O–H groups in total. The number of imidazole rings is 1. The van der Waals surface area contributed by atoms with Crippen molar-refractivity contribution in [2.24, 2.45) is 0 Å². The third-order valence-corrected chi connectivity index (χ3v) is 7.11. The number of aromatic nitrogens is 4. The molecule has 5 rings (SSSR count). The van der Waals surface area contributed by atoms with Crippen molar-refractivity contribution in [1.82, 2.24) is 19.7 Å². The molecule has 0 amide bonds. The summed E-state index contributed by atoms with van der Waals surface area (Å²) in [5, 5.41) is 3.94. The van der Waals surface area contributed by atoms with E-state index in [1.807, 2.05) is 29.7 Å². The molecular weight excluding hydrogens is 481 g/mol. The molecule has 0 aliphatic carbocycles. The Bertz CT molecular complexity index is 1630. The standard InChI is InChI=1S/C26H22FN5O3S/c1-17-3-4-18(2)24(13-17)36(33,34)31-22-11-5-19(6-12-22)14-32-15-23(28-16-32)26-29-25(30-35-26)20-7-9-21(27)10-8-20/h3-13,15-16,31H,14H2,1-2H3. The number of sulfonamides is 1. The second kappa shape index (κ2) is 9.38. The molecule has 0 unspecified atom stereocenters. The summed E-state index contributed by atoms with van der Waals surface area (Å²) in [4.78, 5) is 8.94. The predicted molar refractivity (Wildman–Crippen MR) is 133 cm³/mol. The molecule has 0 spiro atoms. The molecule has 0 fully saturated rings. The summed E-state index contributed by atoms with van der Waals surface area (Å²) in [7, 11) is -3.69. The van der Waals surface area contributed by atoms with Crippen molar-refractivity contribution in [2.75, 3.05) is 4.72 Å². The summed E-state index contributed by atoms with van der Waals surface area (Å²) in [6, 6.07) is 18.3. The van der Waals surface area contributed by atoms with E-state index in [0.717, 1.165) is 11.1 Å². The number of rotatable bonds is 7. The van der Waals surface area contributed by atoms with Crippen molar-refractivity contribution >= 4 is 15.7 Å². The van der Waals surface area contributed by atoms with Gasteiger partial charge in [-0.05, 0) is 73.0 Å². The van der Waals surface area contributed by atoms with Gasteiger partial charge in [-0.1, -0.05) is 29.4 Å². The maximum Gasteiger partial charge on any atom is 0.278 e. The molecule has 0 aliphatic rings. The van der Waals surface area contributed by atoms with E-state index in [2.05, 4.69) is 19.8 Å². The maximum absolute atomic E-state index is 13.1. The Labute approximate surface area is 207 Å². The van der Waals surface area contributed by atoms with Gasteiger partial charge in [0.05, 0.1) is 11.2 Å². The van der Waals surface area contributed by atoms with Gasteiger partial charge in [0.2, 0.25) is 5.82 Å². The van der Waals surface area contributed by atoms with Crippen LogP contribution in [0.2, 0.25) is 0 Å². The summed E-state index contributed by atoms with van der Waals surface area (Å²) in [5.41, 5.74) is 4.14. The van der Waals surface area contributed by atoms with E-state index in [1.54, 1.807) is 55.8 Å². The van der Waals surface area contributed by atoms with Crippen molar-refractivity contribution in [3.8, 4) is 23.0 Å². The monoisotopic (exact) mass is 503 g/mol. The summed E-state index contributed by atoms with van der Waals surface area (Å²) >= 11 is 0. The zero-order chi connectivity index (χ0) is 25.3. The fourth-order valence-electron chi connectivity index (χ4n) is 3.70. The Morgan fingerprint density at radius 3 is 2.50 bits per heavy atom. The van der Waals surface area contributed by atoms with Crippen LogP contribution in [0, 0.1) is 19.7 Å². The number of benzene rings is 3. The van der Waals surface area contributed by atoms with Crippen LogP contribution >= 0.6 is 0 Å². The van der Waals surface area contributed by atoms with Crippen LogP contribution in [0.25, 0.3) is 23.0 Å². The van der Waals surface area contributed by atoms with Gasteiger partial charge in [0.15, 0.2) is 0 Å². The fourth-order valence-corrected chi connectivity index (χ4v) is 5.09. The van der Waals surface area contributed by atoms with Crippen molar-refractivity contribution in [1.29, 1.82) is 0 Å². The molecule has 0 saturated heterocycles. The second-order valence-corrected chi connectivity index (χ2v) is 10.1. The average molecular weight is 504 g/mol. The Morgan fingerprint density at radius 2 is 1.75 bits per heavy atom. The molecular formula is C26H22FN5O3S. The minimum absolute atomic E-state index is 0.254. The van der Waals surface area contributed by atoms with Gasteiger partial charge in [-0.15, -0.1) is 0 Å². The zero-order valence-corrected chi connectivity index (χ0v) is 20.3. The topological polar surface area (TPSA) is 103 Å². The minimum Gasteiger partial charge on any atom is -0.332 e. The van der Waals surface area contributed by atoms with Gasteiger partial charge in [-0.25, -0.2) is 17.8 Å². The van der Waals surface area contributed by atoms with Crippen molar-refractivity contribution in [3.63, 3.8) is 0 Å². The Kier molecular flexibility index (Phi) is 6.11. The normalized spacial score (nSPS) is 11.5. The Balaban J connectivity index is 1.26. The molecule has 0 aliphatic heterocycles. The minimum atomic E-state index is -3.69. The molecule has 5 aromatic rings.